The molecule has 1 atom stereocenters. The number of hydrogen-bond acceptors (Lipinski definition) is 5. The number of carbonyl (C=O) groups is 2. The monoisotopic (exact) mass is 385 g/mol. The maximum absolute atomic E-state index is 12.8. The number of aryl methyl sites for hydroxylation is 1. The highest BCUT2D eigenvalue weighted by atomic mass is 16.5. The van der Waals surface area contributed by atoms with Crippen LogP contribution in [0.3, 0.4) is 0 Å². The van der Waals surface area contributed by atoms with Gasteiger partial charge < -0.3 is 9.47 Å². The number of fused-ring (bicyclic) bond motifs is 1. The fraction of sp³-hybridized carbons (Fsp3) is 0.478. The van der Waals surface area contributed by atoms with Crippen molar-refractivity contribution >= 4 is 11.9 Å². The van der Waals surface area contributed by atoms with Crippen LogP contribution < -0.4 is 4.74 Å². The van der Waals surface area contributed by atoms with E-state index >= 15 is 0 Å². The minimum atomic E-state index is -0.756. The molecule has 2 rings (SSSR count). The van der Waals surface area contributed by atoms with E-state index in [0.29, 0.717) is 38.1 Å². The molecule has 0 saturated carbocycles. The lowest BCUT2D eigenvalue weighted by atomic mass is 9.76. The molecule has 0 aromatic heterocycles. The molecule has 5 heteroatoms. The van der Waals surface area contributed by atoms with Crippen molar-refractivity contribution in [1.29, 1.82) is 0 Å². The quantitative estimate of drug-likeness (QED) is 0.407. The largest absolute Gasteiger partial charge is 0.468 e. The van der Waals surface area contributed by atoms with Gasteiger partial charge in [-0.05, 0) is 56.9 Å². The van der Waals surface area contributed by atoms with Crippen LogP contribution in [0.25, 0.3) is 0 Å². The maximum Gasteiger partial charge on any atom is 0.326 e. The van der Waals surface area contributed by atoms with Crippen molar-refractivity contribution in [1.82, 2.24) is 4.90 Å². The summed E-state index contributed by atoms with van der Waals surface area (Å²) >= 11 is 0. The lowest BCUT2D eigenvalue weighted by molar-refractivity contribution is -0.156. The van der Waals surface area contributed by atoms with E-state index in [1.165, 1.54) is 7.11 Å². The van der Waals surface area contributed by atoms with Crippen molar-refractivity contribution < 1.29 is 19.1 Å². The summed E-state index contributed by atoms with van der Waals surface area (Å²) in [5.74, 6) is 0.0266. The second-order valence-corrected chi connectivity index (χ2v) is 8.25. The van der Waals surface area contributed by atoms with E-state index in [9.17, 15) is 9.59 Å². The predicted octanol–water partition coefficient (Wildman–Crippen LogP) is 3.71. The highest BCUT2D eigenvalue weighted by molar-refractivity contribution is 5.82. The molecule has 152 valence electrons. The summed E-state index contributed by atoms with van der Waals surface area (Å²) in [4.78, 5) is 27.0. The summed E-state index contributed by atoms with van der Waals surface area (Å²) in [6.45, 7) is 14.3. The Morgan fingerprint density at radius 1 is 1.18 bits per heavy atom. The molecule has 1 aliphatic carbocycles. The fourth-order valence-electron chi connectivity index (χ4n) is 3.57. The fourth-order valence-corrected chi connectivity index (χ4v) is 3.57. The molecule has 0 bridgehead atoms. The van der Waals surface area contributed by atoms with Crippen LogP contribution >= 0.6 is 0 Å². The summed E-state index contributed by atoms with van der Waals surface area (Å²) < 4.78 is 10.7. The van der Waals surface area contributed by atoms with Gasteiger partial charge in [0, 0.05) is 19.5 Å². The topological polar surface area (TPSA) is 55.8 Å². The van der Waals surface area contributed by atoms with Gasteiger partial charge in [0.2, 0.25) is 0 Å². The van der Waals surface area contributed by atoms with E-state index in [1.807, 2.05) is 32.9 Å². The van der Waals surface area contributed by atoms with E-state index in [0.717, 1.165) is 11.1 Å². The Morgan fingerprint density at radius 3 is 2.36 bits per heavy atom. The number of ether oxygens (including phenoxy) is 2. The van der Waals surface area contributed by atoms with Crippen LogP contribution in [-0.2, 0) is 27.2 Å². The predicted molar refractivity (Wildman–Crippen MR) is 110 cm³/mol. The zero-order valence-electron chi connectivity index (χ0n) is 17.4. The Labute approximate surface area is 168 Å². The molecule has 28 heavy (non-hydrogen) atoms. The Bertz CT molecular complexity index is 752. The molecule has 0 fully saturated rings. The third-order valence-corrected chi connectivity index (χ3v) is 5.16. The average molecular weight is 386 g/mol. The van der Waals surface area contributed by atoms with Crippen LogP contribution in [0.1, 0.15) is 38.3 Å². The van der Waals surface area contributed by atoms with Gasteiger partial charge >= 0.3 is 11.9 Å². The van der Waals surface area contributed by atoms with Gasteiger partial charge in [-0.2, -0.15) is 0 Å². The second-order valence-electron chi connectivity index (χ2n) is 8.25. The van der Waals surface area contributed by atoms with Crippen molar-refractivity contribution in [2.45, 2.75) is 45.6 Å². The summed E-state index contributed by atoms with van der Waals surface area (Å²) in [5.41, 5.74) is 0.834. The number of methoxy groups -OCH3 is 1. The molecule has 0 aliphatic heterocycles. The Morgan fingerprint density at radius 2 is 1.82 bits per heavy atom. The summed E-state index contributed by atoms with van der Waals surface area (Å²) in [6.07, 6.45) is 5.42. The van der Waals surface area contributed by atoms with Gasteiger partial charge in [-0.25, -0.2) is 0 Å². The van der Waals surface area contributed by atoms with Gasteiger partial charge in [0.15, 0.2) is 0 Å². The third-order valence-electron chi connectivity index (χ3n) is 5.16. The maximum atomic E-state index is 12.8. The molecule has 1 aromatic rings. The highest BCUT2D eigenvalue weighted by Crippen LogP contribution is 2.36. The standard InChI is InChI=1S/C23H31NO4/c1-7-13-24(14-8-2)23(21(26)27-6)12-11-17-15-19(10-9-18(17)16-23)28-20(25)22(3,4)5/h7-10,15H,1-2,11-14,16H2,3-6H3. The van der Waals surface area contributed by atoms with Crippen molar-refractivity contribution in [2.75, 3.05) is 20.2 Å². The number of esters is 2. The van der Waals surface area contributed by atoms with E-state index in [2.05, 4.69) is 18.1 Å². The Hall–Kier alpha value is -2.40. The van der Waals surface area contributed by atoms with E-state index < -0.39 is 11.0 Å². The minimum absolute atomic E-state index is 0.245. The van der Waals surface area contributed by atoms with Crippen molar-refractivity contribution in [2.24, 2.45) is 5.41 Å². The zero-order valence-corrected chi connectivity index (χ0v) is 17.4. The van der Waals surface area contributed by atoms with Crippen LogP contribution in [0.5, 0.6) is 5.75 Å². The van der Waals surface area contributed by atoms with Gasteiger partial charge in [-0.1, -0.05) is 18.2 Å². The van der Waals surface area contributed by atoms with E-state index in [1.54, 1.807) is 18.2 Å². The van der Waals surface area contributed by atoms with Crippen molar-refractivity contribution in [3.8, 4) is 5.75 Å². The van der Waals surface area contributed by atoms with Gasteiger partial charge in [-0.3, -0.25) is 14.5 Å². The average Bonchev–Trinajstić information content (AvgIpc) is 2.66. The SMILES string of the molecule is C=CCN(CC=C)C1(C(=O)OC)CCc2cc(OC(=O)C(C)(C)C)ccc2C1. The molecule has 0 spiro atoms. The molecule has 1 unspecified atom stereocenters. The first-order valence-corrected chi connectivity index (χ1v) is 9.57. The molecule has 0 saturated heterocycles. The number of carbonyl (C=O) groups excluding carboxylic acids is 2. The molecule has 5 nitrogen and oxygen atoms in total. The van der Waals surface area contributed by atoms with E-state index in [4.69, 9.17) is 9.47 Å². The van der Waals surface area contributed by atoms with Gasteiger partial charge in [0.05, 0.1) is 12.5 Å². The van der Waals surface area contributed by atoms with Crippen LogP contribution in [0.2, 0.25) is 0 Å². The third kappa shape index (κ3) is 4.53. The van der Waals surface area contributed by atoms with Crippen LogP contribution in [0.15, 0.2) is 43.5 Å². The number of nitrogens with zero attached hydrogens (tertiary/aromatic N) is 1. The van der Waals surface area contributed by atoms with Gasteiger partial charge in [0.1, 0.15) is 11.3 Å². The number of hydrogen-bond donors (Lipinski definition) is 0. The summed E-state index contributed by atoms with van der Waals surface area (Å²) in [5, 5.41) is 0. The Balaban J connectivity index is 2.34. The second kappa shape index (κ2) is 8.74. The van der Waals surface area contributed by atoms with Gasteiger partial charge in [0.25, 0.3) is 0 Å². The van der Waals surface area contributed by atoms with Crippen LogP contribution in [0.4, 0.5) is 0 Å². The van der Waals surface area contributed by atoms with Crippen LogP contribution in [-0.4, -0.2) is 42.6 Å². The minimum Gasteiger partial charge on any atom is -0.468 e. The van der Waals surface area contributed by atoms with Crippen molar-refractivity contribution in [3.63, 3.8) is 0 Å². The Kier molecular flexibility index (Phi) is 6.83. The number of rotatable bonds is 7. The van der Waals surface area contributed by atoms with Gasteiger partial charge in [-0.15, -0.1) is 13.2 Å². The van der Waals surface area contributed by atoms with Crippen LogP contribution in [0, 0.1) is 5.41 Å². The first-order chi connectivity index (χ1) is 13.2. The molecular formula is C23H31NO4. The molecule has 0 heterocycles. The molecule has 0 amide bonds. The lowest BCUT2D eigenvalue weighted by Crippen LogP contribution is -2.58. The first kappa shape index (κ1) is 21.9. The molecule has 1 aromatic carbocycles. The normalized spacial score (nSPS) is 18.9. The molecular weight excluding hydrogens is 354 g/mol. The summed E-state index contributed by atoms with van der Waals surface area (Å²) in [7, 11) is 1.43. The lowest BCUT2D eigenvalue weighted by Gasteiger charge is -2.43. The molecule has 0 radical (unpaired) electrons. The first-order valence-electron chi connectivity index (χ1n) is 9.57. The van der Waals surface area contributed by atoms with Crippen molar-refractivity contribution in [3.05, 3.63) is 54.6 Å². The highest BCUT2D eigenvalue weighted by Gasteiger charge is 2.46. The smallest absolute Gasteiger partial charge is 0.326 e. The molecule has 0 N–H and O–H groups in total. The zero-order chi connectivity index (χ0) is 20.9. The van der Waals surface area contributed by atoms with E-state index in [-0.39, 0.29) is 11.9 Å². The number of benzene rings is 1. The molecule has 1 aliphatic rings. The summed E-state index contributed by atoms with van der Waals surface area (Å²) in [6, 6.07) is 5.64.